The third kappa shape index (κ3) is 1.65. The van der Waals surface area contributed by atoms with Crippen LogP contribution >= 0.6 is 15.9 Å². The molecule has 1 N–H and O–H groups in total. The van der Waals surface area contributed by atoms with E-state index in [0.29, 0.717) is 0 Å². The standard InChI is InChI=1S/C5H7BrF2O2/c6-5(7,8)3-1-10-2-4(3)9/h3-4,9H,1-2H2. The van der Waals surface area contributed by atoms with E-state index in [2.05, 4.69) is 20.7 Å². The first-order valence-corrected chi connectivity index (χ1v) is 3.63. The van der Waals surface area contributed by atoms with E-state index < -0.39 is 16.9 Å². The fraction of sp³-hybridized carbons (Fsp3) is 1.00. The number of aliphatic hydroxyl groups excluding tert-OH is 1. The first kappa shape index (κ1) is 8.36. The molecule has 10 heavy (non-hydrogen) atoms. The molecule has 0 aromatic rings. The van der Waals surface area contributed by atoms with Crippen LogP contribution in [0.15, 0.2) is 0 Å². The highest BCUT2D eigenvalue weighted by molar-refractivity contribution is 9.10. The van der Waals surface area contributed by atoms with Crippen molar-refractivity contribution in [2.75, 3.05) is 13.2 Å². The summed E-state index contributed by atoms with van der Waals surface area (Å²) in [5.41, 5.74) is 0. The van der Waals surface area contributed by atoms with Crippen LogP contribution in [0, 0.1) is 5.92 Å². The predicted molar refractivity (Wildman–Crippen MR) is 34.2 cm³/mol. The molecule has 0 aromatic carbocycles. The average molecular weight is 217 g/mol. The van der Waals surface area contributed by atoms with Gasteiger partial charge in [-0.15, -0.1) is 0 Å². The number of hydrogen-bond donors (Lipinski definition) is 1. The van der Waals surface area contributed by atoms with Gasteiger partial charge in [0, 0.05) is 0 Å². The van der Waals surface area contributed by atoms with E-state index in [1.165, 1.54) is 0 Å². The van der Waals surface area contributed by atoms with Gasteiger partial charge in [0.1, 0.15) is 0 Å². The summed E-state index contributed by atoms with van der Waals surface area (Å²) >= 11 is 2.17. The fourth-order valence-corrected chi connectivity index (χ4v) is 1.29. The highest BCUT2D eigenvalue weighted by Crippen LogP contribution is 2.36. The van der Waals surface area contributed by atoms with Gasteiger partial charge in [0.2, 0.25) is 0 Å². The number of ether oxygens (including phenoxy) is 1. The second kappa shape index (κ2) is 2.71. The van der Waals surface area contributed by atoms with E-state index in [-0.39, 0.29) is 13.2 Å². The van der Waals surface area contributed by atoms with E-state index >= 15 is 0 Å². The second-order valence-corrected chi connectivity index (χ2v) is 3.31. The molecular formula is C5H7BrF2O2. The van der Waals surface area contributed by atoms with Crippen molar-refractivity contribution in [1.29, 1.82) is 0 Å². The molecule has 0 amide bonds. The highest BCUT2D eigenvalue weighted by Gasteiger charge is 2.44. The van der Waals surface area contributed by atoms with Gasteiger partial charge >= 0.3 is 4.83 Å². The Balaban J connectivity index is 2.55. The summed E-state index contributed by atoms with van der Waals surface area (Å²) in [4.78, 5) is -3.01. The lowest BCUT2D eigenvalue weighted by Gasteiger charge is -2.17. The van der Waals surface area contributed by atoms with Gasteiger partial charge in [-0.2, -0.15) is 8.78 Å². The van der Waals surface area contributed by atoms with Crippen molar-refractivity contribution < 1.29 is 18.6 Å². The van der Waals surface area contributed by atoms with Crippen LogP contribution in [0.25, 0.3) is 0 Å². The van der Waals surface area contributed by atoms with Crippen molar-refractivity contribution in [3.05, 3.63) is 0 Å². The molecule has 1 aliphatic rings. The summed E-state index contributed by atoms with van der Waals surface area (Å²) in [5.74, 6) is -1.10. The summed E-state index contributed by atoms with van der Waals surface area (Å²) in [5, 5.41) is 8.89. The summed E-state index contributed by atoms with van der Waals surface area (Å²) < 4.78 is 29.3. The minimum absolute atomic E-state index is 0.00581. The quantitative estimate of drug-likeness (QED) is 0.663. The third-order valence-corrected chi connectivity index (χ3v) is 2.06. The molecule has 5 heteroatoms. The molecule has 1 fully saturated rings. The van der Waals surface area contributed by atoms with Gasteiger partial charge < -0.3 is 9.84 Å². The molecule has 1 heterocycles. The molecule has 0 aromatic heterocycles. The van der Waals surface area contributed by atoms with E-state index in [1.807, 2.05) is 0 Å². The Morgan fingerprint density at radius 2 is 2.10 bits per heavy atom. The van der Waals surface area contributed by atoms with Crippen LogP contribution in [0.1, 0.15) is 0 Å². The maximum atomic E-state index is 12.4. The maximum absolute atomic E-state index is 12.4. The smallest absolute Gasteiger partial charge is 0.308 e. The Kier molecular flexibility index (Phi) is 2.27. The Morgan fingerprint density at radius 1 is 1.50 bits per heavy atom. The summed E-state index contributed by atoms with van der Waals surface area (Å²) in [6.45, 7) is -0.0781. The number of alkyl halides is 3. The van der Waals surface area contributed by atoms with Gasteiger partial charge in [0.25, 0.3) is 0 Å². The molecule has 0 spiro atoms. The molecule has 0 saturated carbocycles. The van der Waals surface area contributed by atoms with Crippen LogP contribution in [0.4, 0.5) is 8.78 Å². The molecule has 2 nitrogen and oxygen atoms in total. The van der Waals surface area contributed by atoms with Crippen molar-refractivity contribution >= 4 is 15.9 Å². The second-order valence-electron chi connectivity index (χ2n) is 2.25. The molecule has 2 atom stereocenters. The number of aliphatic hydroxyl groups is 1. The Labute approximate surface area is 65.3 Å². The zero-order valence-electron chi connectivity index (χ0n) is 5.06. The molecule has 0 bridgehead atoms. The SMILES string of the molecule is OC1COCC1C(F)(F)Br. The van der Waals surface area contributed by atoms with Gasteiger partial charge in [-0.25, -0.2) is 0 Å². The van der Waals surface area contributed by atoms with Crippen LogP contribution in [0.5, 0.6) is 0 Å². The van der Waals surface area contributed by atoms with Gasteiger partial charge in [-0.05, 0) is 15.9 Å². The predicted octanol–water partition coefficient (Wildman–Crippen LogP) is 0.981. The number of hydrogen-bond acceptors (Lipinski definition) is 2. The lowest BCUT2D eigenvalue weighted by molar-refractivity contribution is -0.00358. The Hall–Kier alpha value is 0.260. The lowest BCUT2D eigenvalue weighted by Crippen LogP contribution is -2.31. The van der Waals surface area contributed by atoms with Crippen molar-refractivity contribution in [2.24, 2.45) is 5.92 Å². The first-order valence-electron chi connectivity index (χ1n) is 2.84. The Morgan fingerprint density at radius 3 is 2.30 bits per heavy atom. The molecule has 0 aliphatic carbocycles. The summed E-state index contributed by atoms with van der Waals surface area (Å²) in [7, 11) is 0. The zero-order valence-corrected chi connectivity index (χ0v) is 6.64. The van der Waals surface area contributed by atoms with E-state index in [0.717, 1.165) is 0 Å². The van der Waals surface area contributed by atoms with Crippen molar-refractivity contribution in [1.82, 2.24) is 0 Å². The molecule has 1 aliphatic heterocycles. The van der Waals surface area contributed by atoms with Crippen molar-refractivity contribution in [3.8, 4) is 0 Å². The van der Waals surface area contributed by atoms with Gasteiger partial charge in [0.15, 0.2) is 0 Å². The van der Waals surface area contributed by atoms with E-state index in [9.17, 15) is 8.78 Å². The largest absolute Gasteiger partial charge is 0.390 e. The van der Waals surface area contributed by atoms with Gasteiger partial charge in [0.05, 0.1) is 25.2 Å². The fourth-order valence-electron chi connectivity index (χ4n) is 0.856. The summed E-state index contributed by atoms with van der Waals surface area (Å²) in [6.07, 6.45) is -1.05. The first-order chi connectivity index (χ1) is 4.52. The number of halogens is 3. The van der Waals surface area contributed by atoms with Crippen LogP contribution in [-0.2, 0) is 4.74 Å². The topological polar surface area (TPSA) is 29.5 Å². The zero-order chi connectivity index (χ0) is 7.78. The minimum Gasteiger partial charge on any atom is -0.390 e. The number of rotatable bonds is 1. The van der Waals surface area contributed by atoms with Crippen LogP contribution in [-0.4, -0.2) is 29.3 Å². The van der Waals surface area contributed by atoms with Gasteiger partial charge in [-0.1, -0.05) is 0 Å². The average Bonchev–Trinajstić information content (AvgIpc) is 2.11. The Bertz CT molecular complexity index is 125. The van der Waals surface area contributed by atoms with Crippen molar-refractivity contribution in [3.63, 3.8) is 0 Å². The van der Waals surface area contributed by atoms with Crippen LogP contribution in [0.2, 0.25) is 0 Å². The van der Waals surface area contributed by atoms with E-state index in [4.69, 9.17) is 5.11 Å². The minimum atomic E-state index is -3.01. The summed E-state index contributed by atoms with van der Waals surface area (Å²) in [6, 6.07) is 0. The molecule has 1 rings (SSSR count). The van der Waals surface area contributed by atoms with E-state index in [1.54, 1.807) is 0 Å². The monoisotopic (exact) mass is 216 g/mol. The van der Waals surface area contributed by atoms with Crippen LogP contribution in [0.3, 0.4) is 0 Å². The third-order valence-electron chi connectivity index (χ3n) is 1.47. The molecule has 0 radical (unpaired) electrons. The molecular weight excluding hydrogens is 210 g/mol. The van der Waals surface area contributed by atoms with Gasteiger partial charge in [-0.3, -0.25) is 0 Å². The highest BCUT2D eigenvalue weighted by atomic mass is 79.9. The van der Waals surface area contributed by atoms with Crippen LogP contribution < -0.4 is 0 Å². The van der Waals surface area contributed by atoms with Crippen molar-refractivity contribution in [2.45, 2.75) is 10.9 Å². The molecule has 60 valence electrons. The lowest BCUT2D eigenvalue weighted by atomic mass is 10.1. The molecule has 2 unspecified atom stereocenters. The normalized spacial score (nSPS) is 34.8. The maximum Gasteiger partial charge on any atom is 0.308 e. The molecule has 1 saturated heterocycles.